The maximum atomic E-state index is 12.8. The average molecular weight is 403 g/mol. The average Bonchev–Trinajstić information content (AvgIpc) is 2.77. The number of nitrogens with one attached hydrogen (secondary N) is 2. The molecule has 154 valence electrons. The van der Waals surface area contributed by atoms with E-state index in [2.05, 4.69) is 15.5 Å². The Morgan fingerprint density at radius 3 is 2.73 bits per heavy atom. The highest BCUT2D eigenvalue weighted by Gasteiger charge is 2.18. The van der Waals surface area contributed by atoms with Gasteiger partial charge in [-0.25, -0.2) is 5.10 Å². The van der Waals surface area contributed by atoms with E-state index in [1.807, 2.05) is 43.3 Å². The van der Waals surface area contributed by atoms with Gasteiger partial charge in [-0.1, -0.05) is 24.3 Å². The first-order chi connectivity index (χ1) is 14.7. The van der Waals surface area contributed by atoms with Crippen molar-refractivity contribution in [3.8, 4) is 5.75 Å². The monoisotopic (exact) mass is 403 g/mol. The zero-order chi connectivity index (χ0) is 20.9. The number of para-hydroxylation sites is 1. The smallest absolute Gasteiger partial charge is 0.267 e. The van der Waals surface area contributed by atoms with Gasteiger partial charge in [-0.2, -0.15) is 5.10 Å². The molecule has 6 nitrogen and oxygen atoms in total. The van der Waals surface area contributed by atoms with Crippen LogP contribution in [-0.4, -0.2) is 22.7 Å². The fourth-order valence-electron chi connectivity index (χ4n) is 3.96. The Labute approximate surface area is 175 Å². The molecule has 0 aliphatic heterocycles. The summed E-state index contributed by atoms with van der Waals surface area (Å²) in [5, 5.41) is 9.92. The number of hydrogen-bond donors (Lipinski definition) is 2. The molecule has 1 heterocycles. The molecule has 0 saturated carbocycles. The van der Waals surface area contributed by atoms with Gasteiger partial charge in [0, 0.05) is 17.7 Å². The second-order valence-corrected chi connectivity index (χ2v) is 7.42. The molecule has 1 aliphatic carbocycles. The van der Waals surface area contributed by atoms with Gasteiger partial charge in [0.2, 0.25) is 0 Å². The number of anilines is 1. The summed E-state index contributed by atoms with van der Waals surface area (Å²) in [5.74, 6) is 0.355. The van der Waals surface area contributed by atoms with Gasteiger partial charge in [0.15, 0.2) is 0 Å². The number of rotatable bonds is 6. The van der Waals surface area contributed by atoms with E-state index in [-0.39, 0.29) is 11.5 Å². The predicted molar refractivity (Wildman–Crippen MR) is 116 cm³/mol. The molecule has 1 aliphatic rings. The first kappa shape index (κ1) is 19.9. The summed E-state index contributed by atoms with van der Waals surface area (Å²) < 4.78 is 5.56. The van der Waals surface area contributed by atoms with Crippen molar-refractivity contribution in [2.45, 2.75) is 39.0 Å². The molecule has 0 radical (unpaired) electrons. The third-order valence-electron chi connectivity index (χ3n) is 5.37. The Hall–Kier alpha value is -3.41. The summed E-state index contributed by atoms with van der Waals surface area (Å²) in [7, 11) is 0. The molecule has 0 bridgehead atoms. The zero-order valence-corrected chi connectivity index (χ0v) is 17.0. The van der Waals surface area contributed by atoms with Crippen molar-refractivity contribution < 1.29 is 9.53 Å². The summed E-state index contributed by atoms with van der Waals surface area (Å²) in [6.45, 7) is 2.39. The van der Waals surface area contributed by atoms with Crippen LogP contribution >= 0.6 is 0 Å². The first-order valence-electron chi connectivity index (χ1n) is 10.4. The van der Waals surface area contributed by atoms with Gasteiger partial charge >= 0.3 is 0 Å². The van der Waals surface area contributed by atoms with E-state index < -0.39 is 0 Å². The molecule has 6 heteroatoms. The van der Waals surface area contributed by atoms with Gasteiger partial charge in [0.05, 0.1) is 17.9 Å². The van der Waals surface area contributed by atoms with Gasteiger partial charge in [-0.15, -0.1) is 0 Å². The second-order valence-electron chi connectivity index (χ2n) is 7.42. The molecule has 1 aromatic heterocycles. The van der Waals surface area contributed by atoms with E-state index in [1.54, 1.807) is 12.1 Å². The Bertz CT molecular complexity index is 1120. The van der Waals surface area contributed by atoms with Crippen molar-refractivity contribution in [3.05, 3.63) is 86.8 Å². The minimum atomic E-state index is -0.212. The number of hydrogen-bond acceptors (Lipinski definition) is 4. The van der Waals surface area contributed by atoms with Crippen LogP contribution in [-0.2, 0) is 19.3 Å². The molecule has 0 spiro atoms. The van der Waals surface area contributed by atoms with Crippen molar-refractivity contribution in [1.82, 2.24) is 10.2 Å². The lowest BCUT2D eigenvalue weighted by Crippen LogP contribution is -2.23. The lowest BCUT2D eigenvalue weighted by molar-refractivity contribution is 0.102. The number of nitrogens with zero attached hydrogens (tertiary/aromatic N) is 1. The third-order valence-corrected chi connectivity index (χ3v) is 5.37. The largest absolute Gasteiger partial charge is 0.493 e. The summed E-state index contributed by atoms with van der Waals surface area (Å²) >= 11 is 0. The van der Waals surface area contributed by atoms with E-state index in [9.17, 15) is 9.59 Å². The Morgan fingerprint density at radius 1 is 1.10 bits per heavy atom. The van der Waals surface area contributed by atoms with Gasteiger partial charge in [0.1, 0.15) is 5.75 Å². The standard InChI is InChI=1S/C24H25N3O3/c1-2-30-22-13-6-5-12-20(22)23(28)25-17-9-7-8-16(14-17)15-21-18-10-3-4-11-19(18)24(29)27-26-21/h5-9,12-14H,2-4,10-11,15H2,1H3,(H,25,28)(H,27,29). The number of aromatic amines is 1. The molecule has 3 aromatic rings. The van der Waals surface area contributed by atoms with Crippen molar-refractivity contribution in [1.29, 1.82) is 0 Å². The minimum absolute atomic E-state index is 0.0672. The SMILES string of the molecule is CCOc1ccccc1C(=O)Nc1cccc(Cc2n[nH]c(=O)c3c2CCCC3)c1. The lowest BCUT2D eigenvalue weighted by atomic mass is 9.90. The van der Waals surface area contributed by atoms with Crippen LogP contribution in [0.4, 0.5) is 5.69 Å². The number of fused-ring (bicyclic) bond motifs is 1. The molecule has 2 aromatic carbocycles. The summed E-state index contributed by atoms with van der Waals surface area (Å²) in [4.78, 5) is 24.8. The van der Waals surface area contributed by atoms with E-state index >= 15 is 0 Å². The number of amides is 1. The van der Waals surface area contributed by atoms with Crippen LogP contribution in [0.5, 0.6) is 5.75 Å². The molecule has 2 N–H and O–H groups in total. The topological polar surface area (TPSA) is 84.1 Å². The first-order valence-corrected chi connectivity index (χ1v) is 10.4. The summed E-state index contributed by atoms with van der Waals surface area (Å²) in [5.41, 5.74) is 5.05. The highest BCUT2D eigenvalue weighted by atomic mass is 16.5. The van der Waals surface area contributed by atoms with Crippen LogP contribution in [0.2, 0.25) is 0 Å². The van der Waals surface area contributed by atoms with E-state index in [0.717, 1.165) is 48.1 Å². The van der Waals surface area contributed by atoms with E-state index in [0.29, 0.717) is 30.0 Å². The fourth-order valence-corrected chi connectivity index (χ4v) is 3.96. The zero-order valence-electron chi connectivity index (χ0n) is 17.0. The Morgan fingerprint density at radius 2 is 1.90 bits per heavy atom. The van der Waals surface area contributed by atoms with Crippen molar-refractivity contribution >= 4 is 11.6 Å². The molecule has 0 atom stereocenters. The number of H-pyrrole nitrogens is 1. The predicted octanol–water partition coefficient (Wildman–Crippen LogP) is 3.89. The maximum absolute atomic E-state index is 12.8. The second kappa shape index (κ2) is 8.95. The molecule has 1 amide bonds. The van der Waals surface area contributed by atoms with Crippen LogP contribution in [0.1, 0.15) is 52.5 Å². The van der Waals surface area contributed by atoms with Crippen LogP contribution in [0.3, 0.4) is 0 Å². The number of aromatic nitrogens is 2. The van der Waals surface area contributed by atoms with Crippen LogP contribution < -0.4 is 15.6 Å². The number of carbonyl (C=O) groups excluding carboxylic acids is 1. The molecular formula is C24H25N3O3. The number of carbonyl (C=O) groups is 1. The normalized spacial score (nSPS) is 12.8. The Balaban J connectivity index is 1.54. The molecule has 0 fully saturated rings. The van der Waals surface area contributed by atoms with Gasteiger partial charge < -0.3 is 10.1 Å². The van der Waals surface area contributed by atoms with Crippen LogP contribution in [0.25, 0.3) is 0 Å². The molecular weight excluding hydrogens is 378 g/mol. The maximum Gasteiger partial charge on any atom is 0.267 e. The summed E-state index contributed by atoms with van der Waals surface area (Å²) in [6.07, 6.45) is 4.45. The van der Waals surface area contributed by atoms with Crippen molar-refractivity contribution in [3.63, 3.8) is 0 Å². The molecule has 4 rings (SSSR count). The molecule has 0 saturated heterocycles. The van der Waals surface area contributed by atoms with Crippen molar-refractivity contribution in [2.24, 2.45) is 0 Å². The van der Waals surface area contributed by atoms with Crippen molar-refractivity contribution in [2.75, 3.05) is 11.9 Å². The quantitative estimate of drug-likeness (QED) is 0.654. The fraction of sp³-hybridized carbons (Fsp3) is 0.292. The number of benzene rings is 2. The number of ether oxygens (including phenoxy) is 1. The highest BCUT2D eigenvalue weighted by Crippen LogP contribution is 2.24. The highest BCUT2D eigenvalue weighted by molar-refractivity contribution is 6.06. The van der Waals surface area contributed by atoms with Gasteiger partial charge in [-0.3, -0.25) is 9.59 Å². The van der Waals surface area contributed by atoms with Gasteiger partial charge in [0.25, 0.3) is 11.5 Å². The van der Waals surface area contributed by atoms with Crippen LogP contribution in [0, 0.1) is 0 Å². The minimum Gasteiger partial charge on any atom is -0.493 e. The lowest BCUT2D eigenvalue weighted by Gasteiger charge is -2.17. The van der Waals surface area contributed by atoms with Crippen LogP contribution in [0.15, 0.2) is 53.3 Å². The van der Waals surface area contributed by atoms with E-state index in [4.69, 9.17) is 4.74 Å². The molecule has 0 unspecified atom stereocenters. The Kier molecular flexibility index (Phi) is 5.93. The van der Waals surface area contributed by atoms with E-state index in [1.165, 1.54) is 0 Å². The summed E-state index contributed by atoms with van der Waals surface area (Å²) in [6, 6.07) is 14.9. The molecule has 30 heavy (non-hydrogen) atoms. The van der Waals surface area contributed by atoms with Gasteiger partial charge in [-0.05, 0) is 68.0 Å². The third kappa shape index (κ3) is 4.27.